The minimum absolute atomic E-state index is 0.0413. The first kappa shape index (κ1) is 12.8. The molecule has 0 saturated heterocycles. The predicted molar refractivity (Wildman–Crippen MR) is 69.3 cm³/mol. The standard InChI is InChI=1S/C12H15BrN2O/c1-3-8-14-12(16)15-9(2)10-6-4-5-7-11(10)13/h3-7,9H,1,8H2,2H3,(H2,14,15,16)/t9-/m1/s1. The lowest BCUT2D eigenvalue weighted by Gasteiger charge is -2.15. The molecule has 0 aliphatic heterocycles. The number of carbonyl (C=O) groups is 1. The molecular formula is C12H15BrN2O. The maximum atomic E-state index is 11.4. The Kier molecular flexibility index (Phi) is 5.05. The quantitative estimate of drug-likeness (QED) is 0.819. The third-order valence-corrected chi connectivity index (χ3v) is 2.85. The molecule has 0 unspecified atom stereocenters. The van der Waals surface area contributed by atoms with E-state index in [0.717, 1.165) is 10.0 Å². The van der Waals surface area contributed by atoms with Gasteiger partial charge in [-0.15, -0.1) is 6.58 Å². The van der Waals surface area contributed by atoms with Crippen molar-refractivity contribution in [1.29, 1.82) is 0 Å². The summed E-state index contributed by atoms with van der Waals surface area (Å²) in [7, 11) is 0. The van der Waals surface area contributed by atoms with Gasteiger partial charge in [-0.3, -0.25) is 0 Å². The molecule has 2 amide bonds. The molecule has 3 nitrogen and oxygen atoms in total. The van der Waals surface area contributed by atoms with Crippen molar-refractivity contribution in [2.45, 2.75) is 13.0 Å². The van der Waals surface area contributed by atoms with E-state index >= 15 is 0 Å². The van der Waals surface area contributed by atoms with Crippen LogP contribution in [0.4, 0.5) is 4.79 Å². The molecule has 0 bridgehead atoms. The second-order valence-electron chi connectivity index (χ2n) is 3.39. The Bertz CT molecular complexity index is 379. The Hall–Kier alpha value is -1.29. The maximum Gasteiger partial charge on any atom is 0.315 e. The first-order valence-electron chi connectivity index (χ1n) is 5.05. The van der Waals surface area contributed by atoms with Crippen LogP contribution in [0.15, 0.2) is 41.4 Å². The normalized spacial score (nSPS) is 11.6. The fourth-order valence-corrected chi connectivity index (χ4v) is 1.94. The van der Waals surface area contributed by atoms with E-state index in [0.29, 0.717) is 6.54 Å². The van der Waals surface area contributed by atoms with Crippen molar-refractivity contribution >= 4 is 22.0 Å². The SMILES string of the molecule is C=CCNC(=O)N[C@H](C)c1ccccc1Br. The van der Waals surface area contributed by atoms with Crippen molar-refractivity contribution < 1.29 is 4.79 Å². The van der Waals surface area contributed by atoms with Gasteiger partial charge in [0, 0.05) is 11.0 Å². The third kappa shape index (κ3) is 3.70. The van der Waals surface area contributed by atoms with Gasteiger partial charge in [-0.25, -0.2) is 4.79 Å². The molecule has 0 heterocycles. The highest BCUT2D eigenvalue weighted by atomic mass is 79.9. The molecule has 0 fully saturated rings. The first-order chi connectivity index (χ1) is 7.65. The van der Waals surface area contributed by atoms with E-state index in [2.05, 4.69) is 33.1 Å². The van der Waals surface area contributed by atoms with Crippen molar-refractivity contribution in [3.05, 3.63) is 47.0 Å². The summed E-state index contributed by atoms with van der Waals surface area (Å²) in [6.07, 6.45) is 1.64. The van der Waals surface area contributed by atoms with E-state index in [4.69, 9.17) is 0 Å². The maximum absolute atomic E-state index is 11.4. The van der Waals surface area contributed by atoms with Gasteiger partial charge in [0.05, 0.1) is 6.04 Å². The Morgan fingerprint density at radius 3 is 2.88 bits per heavy atom. The fraction of sp³-hybridized carbons (Fsp3) is 0.250. The summed E-state index contributed by atoms with van der Waals surface area (Å²) >= 11 is 3.45. The highest BCUT2D eigenvalue weighted by molar-refractivity contribution is 9.10. The molecule has 0 radical (unpaired) electrons. The zero-order chi connectivity index (χ0) is 12.0. The van der Waals surface area contributed by atoms with Crippen molar-refractivity contribution in [1.82, 2.24) is 10.6 Å². The average molecular weight is 283 g/mol. The molecule has 1 aromatic carbocycles. The Labute approximate surface area is 104 Å². The number of nitrogens with one attached hydrogen (secondary N) is 2. The molecule has 4 heteroatoms. The van der Waals surface area contributed by atoms with Crippen molar-refractivity contribution in [2.24, 2.45) is 0 Å². The lowest BCUT2D eigenvalue weighted by molar-refractivity contribution is 0.239. The third-order valence-electron chi connectivity index (χ3n) is 2.13. The van der Waals surface area contributed by atoms with E-state index in [9.17, 15) is 4.79 Å². The molecule has 1 aromatic rings. The van der Waals surface area contributed by atoms with Crippen LogP contribution >= 0.6 is 15.9 Å². The van der Waals surface area contributed by atoms with Crippen LogP contribution in [0.25, 0.3) is 0 Å². The van der Waals surface area contributed by atoms with Gasteiger partial charge in [0.25, 0.3) is 0 Å². The van der Waals surface area contributed by atoms with Gasteiger partial charge in [-0.1, -0.05) is 40.2 Å². The van der Waals surface area contributed by atoms with Crippen LogP contribution in [0.3, 0.4) is 0 Å². The number of hydrogen-bond donors (Lipinski definition) is 2. The number of urea groups is 1. The summed E-state index contributed by atoms with van der Waals surface area (Å²) in [5.74, 6) is 0. The minimum Gasteiger partial charge on any atom is -0.335 e. The molecule has 16 heavy (non-hydrogen) atoms. The van der Waals surface area contributed by atoms with E-state index in [1.165, 1.54) is 0 Å². The monoisotopic (exact) mass is 282 g/mol. The van der Waals surface area contributed by atoms with Gasteiger partial charge in [0.15, 0.2) is 0 Å². The molecule has 0 aliphatic rings. The highest BCUT2D eigenvalue weighted by Gasteiger charge is 2.10. The van der Waals surface area contributed by atoms with Gasteiger partial charge in [0.1, 0.15) is 0 Å². The number of benzene rings is 1. The highest BCUT2D eigenvalue weighted by Crippen LogP contribution is 2.22. The molecule has 2 N–H and O–H groups in total. The van der Waals surface area contributed by atoms with E-state index in [1.54, 1.807) is 6.08 Å². The number of amides is 2. The van der Waals surface area contributed by atoms with Crippen LogP contribution in [0.5, 0.6) is 0 Å². The second kappa shape index (κ2) is 6.33. The number of rotatable bonds is 4. The van der Waals surface area contributed by atoms with E-state index in [1.807, 2.05) is 31.2 Å². The van der Waals surface area contributed by atoms with E-state index < -0.39 is 0 Å². The number of carbonyl (C=O) groups excluding carboxylic acids is 1. The molecule has 0 spiro atoms. The van der Waals surface area contributed by atoms with Crippen LogP contribution in [-0.4, -0.2) is 12.6 Å². The molecule has 0 aromatic heterocycles. The largest absolute Gasteiger partial charge is 0.335 e. The van der Waals surface area contributed by atoms with Crippen LogP contribution < -0.4 is 10.6 Å². The Morgan fingerprint density at radius 2 is 2.25 bits per heavy atom. The predicted octanol–water partition coefficient (Wildman–Crippen LogP) is 3.00. The van der Waals surface area contributed by atoms with Crippen LogP contribution in [0, 0.1) is 0 Å². The first-order valence-corrected chi connectivity index (χ1v) is 5.84. The fourth-order valence-electron chi connectivity index (χ4n) is 1.32. The summed E-state index contributed by atoms with van der Waals surface area (Å²) in [6, 6.07) is 7.58. The Balaban J connectivity index is 2.58. The van der Waals surface area contributed by atoms with Gasteiger partial charge >= 0.3 is 6.03 Å². The summed E-state index contributed by atoms with van der Waals surface area (Å²) in [5, 5.41) is 5.51. The van der Waals surface area contributed by atoms with Crippen LogP contribution in [0.1, 0.15) is 18.5 Å². The Morgan fingerprint density at radius 1 is 1.56 bits per heavy atom. The topological polar surface area (TPSA) is 41.1 Å². The minimum atomic E-state index is -0.192. The van der Waals surface area contributed by atoms with Crippen LogP contribution in [-0.2, 0) is 0 Å². The van der Waals surface area contributed by atoms with Gasteiger partial charge < -0.3 is 10.6 Å². The number of halogens is 1. The smallest absolute Gasteiger partial charge is 0.315 e. The van der Waals surface area contributed by atoms with Crippen LogP contribution in [0.2, 0.25) is 0 Å². The zero-order valence-electron chi connectivity index (χ0n) is 9.16. The summed E-state index contributed by atoms with van der Waals surface area (Å²) in [6.45, 7) is 5.94. The molecule has 1 atom stereocenters. The van der Waals surface area contributed by atoms with Crippen molar-refractivity contribution in [2.75, 3.05) is 6.54 Å². The molecular weight excluding hydrogens is 268 g/mol. The molecule has 0 saturated carbocycles. The molecule has 86 valence electrons. The molecule has 1 rings (SSSR count). The number of hydrogen-bond acceptors (Lipinski definition) is 1. The van der Waals surface area contributed by atoms with Crippen molar-refractivity contribution in [3.63, 3.8) is 0 Å². The van der Waals surface area contributed by atoms with Gasteiger partial charge in [-0.05, 0) is 18.6 Å². The van der Waals surface area contributed by atoms with E-state index in [-0.39, 0.29) is 12.1 Å². The van der Waals surface area contributed by atoms with Gasteiger partial charge in [0.2, 0.25) is 0 Å². The zero-order valence-corrected chi connectivity index (χ0v) is 10.8. The molecule has 0 aliphatic carbocycles. The average Bonchev–Trinajstić information content (AvgIpc) is 2.26. The summed E-state index contributed by atoms with van der Waals surface area (Å²) < 4.78 is 0.992. The second-order valence-corrected chi connectivity index (χ2v) is 4.24. The van der Waals surface area contributed by atoms with Gasteiger partial charge in [-0.2, -0.15) is 0 Å². The lowest BCUT2D eigenvalue weighted by atomic mass is 10.1. The summed E-state index contributed by atoms with van der Waals surface area (Å²) in [4.78, 5) is 11.4. The lowest BCUT2D eigenvalue weighted by Crippen LogP contribution is -2.37. The summed E-state index contributed by atoms with van der Waals surface area (Å²) in [5.41, 5.74) is 1.05. The van der Waals surface area contributed by atoms with Crippen molar-refractivity contribution in [3.8, 4) is 0 Å².